The number of alkyl halides is 3. The van der Waals surface area contributed by atoms with Gasteiger partial charge in [0.1, 0.15) is 5.75 Å². The van der Waals surface area contributed by atoms with Crippen molar-refractivity contribution in [2.45, 2.75) is 19.7 Å². The van der Waals surface area contributed by atoms with E-state index in [1.807, 2.05) is 31.2 Å². The maximum atomic E-state index is 12.1. The molecule has 0 aromatic heterocycles. The quantitative estimate of drug-likeness (QED) is 0.830. The smallest absolute Gasteiger partial charge is 0.406 e. The summed E-state index contributed by atoms with van der Waals surface area (Å²) >= 11 is 0. The van der Waals surface area contributed by atoms with Crippen molar-refractivity contribution in [3.63, 3.8) is 0 Å². The minimum atomic E-state index is -4.72. The average Bonchev–Trinajstić information content (AvgIpc) is 2.53. The molecular formula is C17H17F3N2O2. The van der Waals surface area contributed by atoms with Crippen LogP contribution in [0.1, 0.15) is 12.5 Å². The highest BCUT2D eigenvalue weighted by molar-refractivity contribution is 5.94. The van der Waals surface area contributed by atoms with Gasteiger partial charge in [-0.3, -0.25) is 4.79 Å². The first kappa shape index (κ1) is 17.7. The average molecular weight is 338 g/mol. The number of amides is 1. The second kappa shape index (κ2) is 7.72. The molecule has 2 aromatic carbocycles. The molecule has 128 valence electrons. The predicted octanol–water partition coefficient (Wildman–Crippen LogP) is 4.20. The third-order valence-electron chi connectivity index (χ3n) is 3.21. The monoisotopic (exact) mass is 338 g/mol. The summed E-state index contributed by atoms with van der Waals surface area (Å²) in [6.07, 6.45) is -3.92. The van der Waals surface area contributed by atoms with Crippen molar-refractivity contribution in [2.24, 2.45) is 0 Å². The van der Waals surface area contributed by atoms with Gasteiger partial charge in [0, 0.05) is 11.4 Å². The zero-order valence-electron chi connectivity index (χ0n) is 13.0. The SMILES string of the molecule is CCc1ccccc1NC(=O)CNc1ccc(OC(F)(F)F)cc1. The number of para-hydroxylation sites is 1. The minimum absolute atomic E-state index is 0.00246. The normalized spacial score (nSPS) is 11.0. The molecule has 2 aromatic rings. The van der Waals surface area contributed by atoms with Gasteiger partial charge in [0.15, 0.2) is 0 Å². The van der Waals surface area contributed by atoms with Crippen LogP contribution in [0.2, 0.25) is 0 Å². The number of rotatable bonds is 6. The summed E-state index contributed by atoms with van der Waals surface area (Å²) in [5.41, 5.74) is 2.30. The van der Waals surface area contributed by atoms with Crippen molar-refractivity contribution in [3.05, 3.63) is 54.1 Å². The Hall–Kier alpha value is -2.70. The highest BCUT2D eigenvalue weighted by Crippen LogP contribution is 2.24. The van der Waals surface area contributed by atoms with Crippen LogP contribution in [-0.2, 0) is 11.2 Å². The molecule has 0 atom stereocenters. The van der Waals surface area contributed by atoms with Gasteiger partial charge >= 0.3 is 6.36 Å². The van der Waals surface area contributed by atoms with E-state index in [1.54, 1.807) is 0 Å². The Morgan fingerprint density at radius 2 is 1.75 bits per heavy atom. The Balaban J connectivity index is 1.87. The van der Waals surface area contributed by atoms with E-state index in [-0.39, 0.29) is 18.2 Å². The van der Waals surface area contributed by atoms with E-state index in [9.17, 15) is 18.0 Å². The minimum Gasteiger partial charge on any atom is -0.406 e. The van der Waals surface area contributed by atoms with Crippen molar-refractivity contribution in [2.75, 3.05) is 17.2 Å². The summed E-state index contributed by atoms with van der Waals surface area (Å²) < 4.78 is 40.0. The second-order valence-electron chi connectivity index (χ2n) is 4.98. The van der Waals surface area contributed by atoms with Crippen molar-refractivity contribution >= 4 is 17.3 Å². The first-order valence-electron chi connectivity index (χ1n) is 7.35. The van der Waals surface area contributed by atoms with Crippen LogP contribution >= 0.6 is 0 Å². The molecule has 0 heterocycles. The maximum absolute atomic E-state index is 12.1. The van der Waals surface area contributed by atoms with Crippen LogP contribution in [0.3, 0.4) is 0 Å². The molecule has 0 fully saturated rings. The Morgan fingerprint density at radius 1 is 1.08 bits per heavy atom. The Labute approximate surface area is 137 Å². The van der Waals surface area contributed by atoms with Crippen LogP contribution in [0.4, 0.5) is 24.5 Å². The number of nitrogens with one attached hydrogen (secondary N) is 2. The molecule has 24 heavy (non-hydrogen) atoms. The Kier molecular flexibility index (Phi) is 5.68. The third-order valence-corrected chi connectivity index (χ3v) is 3.21. The molecular weight excluding hydrogens is 321 g/mol. The lowest BCUT2D eigenvalue weighted by Gasteiger charge is -2.12. The molecule has 0 saturated heterocycles. The Bertz CT molecular complexity index is 685. The fourth-order valence-electron chi connectivity index (χ4n) is 2.10. The van der Waals surface area contributed by atoms with Crippen LogP contribution in [0.5, 0.6) is 5.75 Å². The van der Waals surface area contributed by atoms with E-state index in [1.165, 1.54) is 24.3 Å². The van der Waals surface area contributed by atoms with E-state index >= 15 is 0 Å². The number of aryl methyl sites for hydroxylation is 1. The van der Waals surface area contributed by atoms with E-state index in [2.05, 4.69) is 15.4 Å². The van der Waals surface area contributed by atoms with Crippen LogP contribution in [0.15, 0.2) is 48.5 Å². The highest BCUT2D eigenvalue weighted by atomic mass is 19.4. The molecule has 7 heteroatoms. The zero-order chi connectivity index (χ0) is 17.6. The standard InChI is InChI=1S/C17H17F3N2O2/c1-2-12-5-3-4-6-15(12)22-16(23)11-21-13-7-9-14(10-8-13)24-17(18,19)20/h3-10,21H,2,11H2,1H3,(H,22,23). The van der Waals surface area contributed by atoms with Crippen LogP contribution < -0.4 is 15.4 Å². The number of carbonyl (C=O) groups excluding carboxylic acids is 1. The molecule has 0 aliphatic carbocycles. The summed E-state index contributed by atoms with van der Waals surface area (Å²) in [6, 6.07) is 12.7. The van der Waals surface area contributed by atoms with Gasteiger partial charge in [0.05, 0.1) is 6.54 Å². The molecule has 4 nitrogen and oxygen atoms in total. The van der Waals surface area contributed by atoms with E-state index in [4.69, 9.17) is 0 Å². The first-order valence-corrected chi connectivity index (χ1v) is 7.35. The summed E-state index contributed by atoms with van der Waals surface area (Å²) in [5.74, 6) is -0.555. The number of ether oxygens (including phenoxy) is 1. The molecule has 0 radical (unpaired) electrons. The first-order chi connectivity index (χ1) is 11.4. The lowest BCUT2D eigenvalue weighted by molar-refractivity contribution is -0.274. The lowest BCUT2D eigenvalue weighted by atomic mass is 10.1. The van der Waals surface area contributed by atoms with E-state index in [0.29, 0.717) is 5.69 Å². The van der Waals surface area contributed by atoms with Gasteiger partial charge in [-0.1, -0.05) is 25.1 Å². The molecule has 2 N–H and O–H groups in total. The summed E-state index contributed by atoms with van der Waals surface area (Å²) in [6.45, 7) is 1.99. The molecule has 0 bridgehead atoms. The van der Waals surface area contributed by atoms with Gasteiger partial charge in [-0.15, -0.1) is 13.2 Å². The fourth-order valence-corrected chi connectivity index (χ4v) is 2.10. The molecule has 2 rings (SSSR count). The third kappa shape index (κ3) is 5.49. The molecule has 0 aliphatic heterocycles. The molecule has 0 unspecified atom stereocenters. The van der Waals surface area contributed by atoms with Crippen molar-refractivity contribution in [1.82, 2.24) is 0 Å². The maximum Gasteiger partial charge on any atom is 0.573 e. The summed E-state index contributed by atoms with van der Waals surface area (Å²) in [5, 5.41) is 5.64. The van der Waals surface area contributed by atoms with E-state index in [0.717, 1.165) is 17.7 Å². The van der Waals surface area contributed by atoms with Gasteiger partial charge in [0.2, 0.25) is 5.91 Å². The number of hydrogen-bond donors (Lipinski definition) is 2. The van der Waals surface area contributed by atoms with Gasteiger partial charge in [-0.05, 0) is 42.3 Å². The lowest BCUT2D eigenvalue weighted by Crippen LogP contribution is -2.22. The fraction of sp³-hybridized carbons (Fsp3) is 0.235. The van der Waals surface area contributed by atoms with Crippen LogP contribution in [-0.4, -0.2) is 18.8 Å². The molecule has 0 aliphatic rings. The van der Waals surface area contributed by atoms with Gasteiger partial charge < -0.3 is 15.4 Å². The highest BCUT2D eigenvalue weighted by Gasteiger charge is 2.30. The number of hydrogen-bond acceptors (Lipinski definition) is 3. The van der Waals surface area contributed by atoms with Crippen molar-refractivity contribution in [1.29, 1.82) is 0 Å². The van der Waals surface area contributed by atoms with Crippen LogP contribution in [0.25, 0.3) is 0 Å². The van der Waals surface area contributed by atoms with Gasteiger partial charge in [-0.25, -0.2) is 0 Å². The summed E-state index contributed by atoms with van der Waals surface area (Å²) in [4.78, 5) is 12.0. The number of halogens is 3. The van der Waals surface area contributed by atoms with Gasteiger partial charge in [0.25, 0.3) is 0 Å². The molecule has 0 saturated carbocycles. The second-order valence-corrected chi connectivity index (χ2v) is 4.98. The predicted molar refractivity (Wildman–Crippen MR) is 86.1 cm³/mol. The summed E-state index contributed by atoms with van der Waals surface area (Å²) in [7, 11) is 0. The topological polar surface area (TPSA) is 50.4 Å². The molecule has 1 amide bonds. The Morgan fingerprint density at radius 3 is 2.38 bits per heavy atom. The number of anilines is 2. The number of carbonyl (C=O) groups is 1. The van der Waals surface area contributed by atoms with Gasteiger partial charge in [-0.2, -0.15) is 0 Å². The largest absolute Gasteiger partial charge is 0.573 e. The van der Waals surface area contributed by atoms with Crippen LogP contribution in [0, 0.1) is 0 Å². The molecule has 0 spiro atoms. The van der Waals surface area contributed by atoms with Crippen molar-refractivity contribution in [3.8, 4) is 5.75 Å². The number of benzene rings is 2. The van der Waals surface area contributed by atoms with Crippen molar-refractivity contribution < 1.29 is 22.7 Å². The zero-order valence-corrected chi connectivity index (χ0v) is 13.0. The van der Waals surface area contributed by atoms with E-state index < -0.39 is 6.36 Å².